The molecule has 3 heterocycles. The number of methoxy groups -OCH3 is 1. The van der Waals surface area contributed by atoms with Crippen molar-refractivity contribution in [2.45, 2.75) is 11.1 Å². The van der Waals surface area contributed by atoms with Gasteiger partial charge in [0.15, 0.2) is 5.82 Å². The molecule has 0 unspecified atom stereocenters. The van der Waals surface area contributed by atoms with Gasteiger partial charge in [-0.25, -0.2) is 18.1 Å². The molecule has 31 heavy (non-hydrogen) atoms. The molecule has 13 heteroatoms. The molecule has 0 radical (unpaired) electrons. The fraction of sp³-hybridized carbons (Fsp3) is 0.167. The van der Waals surface area contributed by atoms with Crippen molar-refractivity contribution >= 4 is 26.6 Å². The van der Waals surface area contributed by atoms with E-state index in [0.717, 1.165) is 35.4 Å². The van der Waals surface area contributed by atoms with Crippen LogP contribution in [0.5, 0.6) is 5.75 Å². The van der Waals surface area contributed by atoms with Gasteiger partial charge in [0.05, 0.1) is 40.8 Å². The minimum absolute atomic E-state index is 0.182. The van der Waals surface area contributed by atoms with E-state index in [1.165, 1.54) is 30.1 Å². The fourth-order valence-corrected chi connectivity index (χ4v) is 3.92. The number of nitrogens with zero attached hydrogens (tertiary/aromatic N) is 5. The summed E-state index contributed by atoms with van der Waals surface area (Å²) in [6, 6.07) is 4.28. The zero-order valence-electron chi connectivity index (χ0n) is 18.6. The molecule has 0 saturated heterocycles. The Labute approximate surface area is 178 Å². The molecule has 0 aliphatic rings. The van der Waals surface area contributed by atoms with E-state index in [1.807, 2.05) is 0 Å². The molecule has 1 aromatic carbocycles. The highest BCUT2D eigenvalue weighted by Crippen LogP contribution is 2.34. The van der Waals surface area contributed by atoms with Gasteiger partial charge in [0.2, 0.25) is 0 Å². The topological polar surface area (TPSA) is 104 Å². The standard InChI is InChI=1S/C18H15F3N6O3S/c1-26-17-11(8-23-26)3-4-14(30-2)16(17)25-31(28,29)13-9-24-27(10-13)15-7-12(5-6-22-15)18(19,20)21/h3-10,25H,1-2H3/i2D3. The molecule has 4 aromatic rings. The van der Waals surface area contributed by atoms with E-state index in [4.69, 9.17) is 8.85 Å². The van der Waals surface area contributed by atoms with E-state index in [2.05, 4.69) is 19.9 Å². The summed E-state index contributed by atoms with van der Waals surface area (Å²) < 4.78 is 96.6. The van der Waals surface area contributed by atoms with E-state index in [1.54, 1.807) is 0 Å². The summed E-state index contributed by atoms with van der Waals surface area (Å²) in [5.41, 5.74) is -0.916. The first-order valence-electron chi connectivity index (χ1n) is 9.99. The number of nitrogens with one attached hydrogen (secondary N) is 1. The molecule has 9 nitrogen and oxygen atoms in total. The third kappa shape index (κ3) is 3.79. The molecular weight excluding hydrogens is 437 g/mol. The second-order valence-corrected chi connectivity index (χ2v) is 8.06. The highest BCUT2D eigenvalue weighted by Gasteiger charge is 2.31. The number of hydrogen-bond acceptors (Lipinski definition) is 6. The van der Waals surface area contributed by atoms with Crippen molar-refractivity contribution < 1.29 is 30.4 Å². The van der Waals surface area contributed by atoms with Crippen LogP contribution in [0.15, 0.2) is 53.9 Å². The summed E-state index contributed by atoms with van der Waals surface area (Å²) in [7, 11) is -5.74. The predicted octanol–water partition coefficient (Wildman–Crippen LogP) is 2.98. The van der Waals surface area contributed by atoms with Crippen molar-refractivity contribution in [3.63, 3.8) is 0 Å². The maximum Gasteiger partial charge on any atom is 0.416 e. The normalized spacial score (nSPS) is 14.1. The number of pyridine rings is 1. The van der Waals surface area contributed by atoms with Gasteiger partial charge in [-0.1, -0.05) is 0 Å². The van der Waals surface area contributed by atoms with Gasteiger partial charge in [0, 0.05) is 18.6 Å². The van der Waals surface area contributed by atoms with Gasteiger partial charge >= 0.3 is 6.18 Å². The molecule has 4 rings (SSSR count). The molecule has 0 aliphatic heterocycles. The number of hydrogen-bond donors (Lipinski definition) is 1. The fourth-order valence-electron chi connectivity index (χ4n) is 2.92. The maximum atomic E-state index is 13.1. The van der Waals surface area contributed by atoms with Crippen molar-refractivity contribution in [2.24, 2.45) is 7.05 Å². The number of alkyl halides is 3. The first-order valence-corrected chi connectivity index (χ1v) is 9.98. The summed E-state index contributed by atoms with van der Waals surface area (Å²) >= 11 is 0. The number of ether oxygens (including phenoxy) is 1. The van der Waals surface area contributed by atoms with Crippen molar-refractivity contribution in [3.8, 4) is 11.6 Å². The van der Waals surface area contributed by atoms with Gasteiger partial charge in [-0.15, -0.1) is 0 Å². The highest BCUT2D eigenvalue weighted by molar-refractivity contribution is 7.92. The van der Waals surface area contributed by atoms with Crippen LogP contribution in [0.3, 0.4) is 0 Å². The van der Waals surface area contributed by atoms with Crippen LogP contribution in [0, 0.1) is 0 Å². The van der Waals surface area contributed by atoms with Crippen molar-refractivity contribution in [3.05, 3.63) is 54.6 Å². The summed E-state index contributed by atoms with van der Waals surface area (Å²) in [6.45, 7) is 0. The van der Waals surface area contributed by atoms with Crippen molar-refractivity contribution in [1.82, 2.24) is 24.5 Å². The highest BCUT2D eigenvalue weighted by atomic mass is 32.2. The Morgan fingerprint density at radius 3 is 2.74 bits per heavy atom. The van der Waals surface area contributed by atoms with Gasteiger partial charge in [0.1, 0.15) is 16.3 Å². The Morgan fingerprint density at radius 2 is 2.00 bits per heavy atom. The van der Waals surface area contributed by atoms with E-state index >= 15 is 0 Å². The lowest BCUT2D eigenvalue weighted by Gasteiger charge is -2.13. The van der Waals surface area contributed by atoms with Crippen LogP contribution in [0.4, 0.5) is 18.9 Å². The molecule has 3 aromatic heterocycles. The Balaban J connectivity index is 1.74. The molecule has 0 amide bonds. The average Bonchev–Trinajstić information content (AvgIpc) is 3.36. The molecule has 0 aliphatic carbocycles. The second-order valence-electron chi connectivity index (χ2n) is 6.37. The van der Waals surface area contributed by atoms with Crippen LogP contribution in [0.2, 0.25) is 0 Å². The number of fused-ring (bicyclic) bond motifs is 1. The molecule has 0 spiro atoms. The monoisotopic (exact) mass is 455 g/mol. The van der Waals surface area contributed by atoms with Gasteiger partial charge in [-0.2, -0.15) is 23.4 Å². The van der Waals surface area contributed by atoms with Crippen LogP contribution in [-0.4, -0.2) is 40.0 Å². The number of aromatic nitrogens is 5. The molecule has 0 bridgehead atoms. The summed E-state index contributed by atoms with van der Waals surface area (Å²) in [5, 5.41) is 8.34. The SMILES string of the molecule is [2H]C([2H])([2H])Oc1ccc2cnn(C)c2c1NS(=O)(=O)c1cnn(-c2cc(C(F)(F)F)ccn2)c1. The van der Waals surface area contributed by atoms with E-state index in [0.29, 0.717) is 5.39 Å². The minimum Gasteiger partial charge on any atom is -0.494 e. The molecule has 0 fully saturated rings. The van der Waals surface area contributed by atoms with Gasteiger partial charge in [-0.05, 0) is 24.3 Å². The third-order valence-corrected chi connectivity index (χ3v) is 5.69. The van der Waals surface area contributed by atoms with E-state index < -0.39 is 33.7 Å². The van der Waals surface area contributed by atoms with Crippen molar-refractivity contribution in [1.29, 1.82) is 0 Å². The Kier molecular flexibility index (Phi) is 4.01. The first kappa shape index (κ1) is 17.1. The number of aryl methyl sites for hydroxylation is 1. The lowest BCUT2D eigenvalue weighted by Crippen LogP contribution is -2.14. The number of rotatable bonds is 5. The third-order valence-electron chi connectivity index (χ3n) is 4.39. The number of sulfonamides is 1. The lowest BCUT2D eigenvalue weighted by atomic mass is 10.2. The van der Waals surface area contributed by atoms with Crippen molar-refractivity contribution in [2.75, 3.05) is 11.8 Å². The molecule has 0 saturated carbocycles. The number of anilines is 1. The minimum atomic E-state index is -4.62. The predicted molar refractivity (Wildman–Crippen MR) is 104 cm³/mol. The van der Waals surface area contributed by atoms with Crippen LogP contribution in [0.1, 0.15) is 9.68 Å². The summed E-state index contributed by atoms with van der Waals surface area (Å²) in [4.78, 5) is 3.38. The first-order chi connectivity index (χ1) is 15.7. The molecule has 1 N–H and O–H groups in total. The zero-order chi connectivity index (χ0) is 24.9. The van der Waals surface area contributed by atoms with Gasteiger partial charge in [0.25, 0.3) is 10.0 Å². The largest absolute Gasteiger partial charge is 0.494 e. The smallest absolute Gasteiger partial charge is 0.416 e. The Bertz CT molecular complexity index is 1480. The number of benzene rings is 1. The molecular formula is C18H15F3N6O3S. The van der Waals surface area contributed by atoms with E-state index in [-0.39, 0.29) is 22.8 Å². The zero-order valence-corrected chi connectivity index (χ0v) is 16.4. The van der Waals surface area contributed by atoms with E-state index in [9.17, 15) is 21.6 Å². The van der Waals surface area contributed by atoms with Gasteiger partial charge in [-0.3, -0.25) is 9.40 Å². The van der Waals surface area contributed by atoms with Crippen LogP contribution in [0.25, 0.3) is 16.7 Å². The Hall–Kier alpha value is -3.61. The van der Waals surface area contributed by atoms with Crippen LogP contribution < -0.4 is 9.46 Å². The molecule has 0 atom stereocenters. The second kappa shape index (κ2) is 7.27. The summed E-state index contributed by atoms with van der Waals surface area (Å²) in [6.07, 6.45) is -0.365. The maximum absolute atomic E-state index is 13.1. The number of halogens is 3. The van der Waals surface area contributed by atoms with Crippen LogP contribution in [-0.2, 0) is 23.2 Å². The Morgan fingerprint density at radius 1 is 1.19 bits per heavy atom. The van der Waals surface area contributed by atoms with Crippen LogP contribution >= 0.6 is 0 Å². The molecule has 162 valence electrons. The summed E-state index contributed by atoms with van der Waals surface area (Å²) in [5.74, 6) is -0.525. The lowest BCUT2D eigenvalue weighted by molar-refractivity contribution is -0.137. The average molecular weight is 455 g/mol. The quantitative estimate of drug-likeness (QED) is 0.496. The van der Waals surface area contributed by atoms with Gasteiger partial charge < -0.3 is 4.74 Å².